The van der Waals surface area contributed by atoms with E-state index in [0.29, 0.717) is 18.7 Å². The molecule has 7 heteroatoms. The summed E-state index contributed by atoms with van der Waals surface area (Å²) in [6.45, 7) is 2.21. The molecule has 0 unspecified atom stereocenters. The number of pyridine rings is 1. The van der Waals surface area contributed by atoms with E-state index in [9.17, 15) is 9.90 Å². The van der Waals surface area contributed by atoms with Crippen molar-refractivity contribution in [2.75, 3.05) is 19.0 Å². The first-order chi connectivity index (χ1) is 11.5. The van der Waals surface area contributed by atoms with Crippen molar-refractivity contribution in [1.29, 1.82) is 0 Å². The molecule has 2 heterocycles. The number of rotatable bonds is 7. The van der Waals surface area contributed by atoms with Crippen molar-refractivity contribution in [3.63, 3.8) is 0 Å². The second-order valence-electron chi connectivity index (χ2n) is 5.88. The topological polar surface area (TPSA) is 90.6 Å². The average Bonchev–Trinajstić information content (AvgIpc) is 3.07. The molecule has 2 atom stereocenters. The maximum atomic E-state index is 12.0. The van der Waals surface area contributed by atoms with Gasteiger partial charge in [0.25, 0.3) is 0 Å². The Hall–Kier alpha value is -2.54. The Morgan fingerprint density at radius 2 is 2.17 bits per heavy atom. The van der Waals surface area contributed by atoms with E-state index in [4.69, 9.17) is 4.42 Å². The Morgan fingerprint density at radius 1 is 1.38 bits per heavy atom. The van der Waals surface area contributed by atoms with Crippen LogP contribution in [0.1, 0.15) is 30.8 Å². The van der Waals surface area contributed by atoms with Gasteiger partial charge >= 0.3 is 6.03 Å². The number of amides is 2. The van der Waals surface area contributed by atoms with Crippen LogP contribution in [0.25, 0.3) is 0 Å². The van der Waals surface area contributed by atoms with E-state index < -0.39 is 6.10 Å². The van der Waals surface area contributed by atoms with E-state index in [0.717, 1.165) is 11.4 Å². The second-order valence-corrected chi connectivity index (χ2v) is 5.88. The van der Waals surface area contributed by atoms with Gasteiger partial charge in [0.05, 0.1) is 6.26 Å². The summed E-state index contributed by atoms with van der Waals surface area (Å²) < 4.78 is 5.15. The Balaban J connectivity index is 1.81. The molecule has 2 amide bonds. The van der Waals surface area contributed by atoms with Gasteiger partial charge in [-0.1, -0.05) is 6.07 Å². The van der Waals surface area contributed by atoms with Crippen molar-refractivity contribution in [1.82, 2.24) is 15.6 Å². The molecule has 0 aliphatic rings. The Labute approximate surface area is 141 Å². The monoisotopic (exact) mass is 332 g/mol. The third-order valence-electron chi connectivity index (χ3n) is 3.56. The molecular formula is C17H24N4O3. The highest BCUT2D eigenvalue weighted by atomic mass is 16.4. The number of nitrogens with zero attached hydrogens (tertiary/aromatic N) is 2. The molecule has 130 valence electrons. The van der Waals surface area contributed by atoms with E-state index in [-0.39, 0.29) is 12.1 Å². The highest BCUT2D eigenvalue weighted by molar-refractivity contribution is 5.74. The number of hydrogen-bond acceptors (Lipinski definition) is 5. The lowest BCUT2D eigenvalue weighted by atomic mass is 10.1. The third kappa shape index (κ3) is 4.99. The smallest absolute Gasteiger partial charge is 0.315 e. The minimum Gasteiger partial charge on any atom is -0.467 e. The lowest BCUT2D eigenvalue weighted by molar-refractivity contribution is 0.129. The first kappa shape index (κ1) is 17.8. The number of aliphatic hydroxyl groups is 1. The number of carbonyl (C=O) groups excluding carboxylic acids is 1. The number of aliphatic hydroxyl groups excluding tert-OH is 1. The predicted molar refractivity (Wildman–Crippen MR) is 91.7 cm³/mol. The molecular weight excluding hydrogens is 308 g/mol. The van der Waals surface area contributed by atoms with Crippen LogP contribution in [0, 0.1) is 0 Å². The molecule has 2 aromatic heterocycles. The van der Waals surface area contributed by atoms with Crippen LogP contribution in [0.3, 0.4) is 0 Å². The maximum Gasteiger partial charge on any atom is 0.315 e. The first-order valence-corrected chi connectivity index (χ1v) is 7.84. The van der Waals surface area contributed by atoms with Crippen LogP contribution >= 0.6 is 0 Å². The molecule has 0 fully saturated rings. The lowest BCUT2D eigenvalue weighted by Gasteiger charge is -2.19. The zero-order valence-corrected chi connectivity index (χ0v) is 14.2. The molecule has 0 saturated heterocycles. The van der Waals surface area contributed by atoms with Crippen molar-refractivity contribution in [2.24, 2.45) is 0 Å². The lowest BCUT2D eigenvalue weighted by Crippen LogP contribution is -2.41. The van der Waals surface area contributed by atoms with E-state index in [1.54, 1.807) is 18.3 Å². The van der Waals surface area contributed by atoms with Crippen molar-refractivity contribution in [3.05, 3.63) is 48.0 Å². The predicted octanol–water partition coefficient (Wildman–Crippen LogP) is 2.05. The average molecular weight is 332 g/mol. The molecule has 3 N–H and O–H groups in total. The molecule has 7 nitrogen and oxygen atoms in total. The number of furan rings is 1. The summed E-state index contributed by atoms with van der Waals surface area (Å²) in [7, 11) is 3.81. The number of anilines is 1. The number of urea groups is 1. The van der Waals surface area contributed by atoms with Gasteiger partial charge in [0.1, 0.15) is 17.7 Å². The Kier molecular flexibility index (Phi) is 6.20. The molecule has 0 aliphatic carbocycles. The van der Waals surface area contributed by atoms with Gasteiger partial charge in [-0.05, 0) is 25.1 Å². The summed E-state index contributed by atoms with van der Waals surface area (Å²) in [5, 5.41) is 15.6. The highest BCUT2D eigenvalue weighted by Crippen LogP contribution is 2.18. The zero-order chi connectivity index (χ0) is 17.5. The molecule has 0 radical (unpaired) electrons. The van der Waals surface area contributed by atoms with Crippen LogP contribution in [0.15, 0.2) is 41.1 Å². The Morgan fingerprint density at radius 3 is 2.83 bits per heavy atom. The summed E-state index contributed by atoms with van der Waals surface area (Å²) in [5.74, 6) is 1.31. The normalized spacial score (nSPS) is 13.2. The van der Waals surface area contributed by atoms with Gasteiger partial charge in [0, 0.05) is 44.9 Å². The number of carbonyl (C=O) groups is 1. The van der Waals surface area contributed by atoms with Crippen molar-refractivity contribution >= 4 is 11.8 Å². The summed E-state index contributed by atoms with van der Waals surface area (Å²) >= 11 is 0. The summed E-state index contributed by atoms with van der Waals surface area (Å²) in [5.41, 5.74) is 0.931. The van der Waals surface area contributed by atoms with Crippen LogP contribution < -0.4 is 15.5 Å². The summed E-state index contributed by atoms with van der Waals surface area (Å²) in [4.78, 5) is 18.2. The fraction of sp³-hybridized carbons (Fsp3) is 0.412. The molecule has 24 heavy (non-hydrogen) atoms. The van der Waals surface area contributed by atoms with Crippen molar-refractivity contribution in [3.8, 4) is 0 Å². The van der Waals surface area contributed by atoms with Gasteiger partial charge in [-0.25, -0.2) is 9.78 Å². The number of hydrogen-bond donors (Lipinski definition) is 3. The van der Waals surface area contributed by atoms with Crippen molar-refractivity contribution < 1.29 is 14.3 Å². The van der Waals surface area contributed by atoms with Gasteiger partial charge in [-0.3, -0.25) is 0 Å². The fourth-order valence-corrected chi connectivity index (χ4v) is 2.41. The van der Waals surface area contributed by atoms with Crippen LogP contribution in [0.4, 0.5) is 10.6 Å². The molecule has 2 aromatic rings. The van der Waals surface area contributed by atoms with Crippen molar-refractivity contribution in [2.45, 2.75) is 32.0 Å². The van der Waals surface area contributed by atoms with Crippen LogP contribution in [-0.4, -0.2) is 36.3 Å². The molecule has 0 saturated carbocycles. The summed E-state index contributed by atoms with van der Waals surface area (Å²) in [6, 6.07) is 6.70. The third-order valence-corrected chi connectivity index (χ3v) is 3.56. The molecule has 2 rings (SSSR count). The van der Waals surface area contributed by atoms with Crippen LogP contribution in [0.5, 0.6) is 0 Å². The minimum absolute atomic E-state index is 0.202. The number of aromatic nitrogens is 1. The van der Waals surface area contributed by atoms with Gasteiger partial charge in [0.15, 0.2) is 0 Å². The van der Waals surface area contributed by atoms with Crippen LogP contribution in [0.2, 0.25) is 0 Å². The molecule has 0 aromatic carbocycles. The van der Waals surface area contributed by atoms with Gasteiger partial charge in [-0.2, -0.15) is 0 Å². The molecule has 0 aliphatic heterocycles. The summed E-state index contributed by atoms with van der Waals surface area (Å²) in [6.07, 6.45) is 2.86. The van der Waals surface area contributed by atoms with E-state index >= 15 is 0 Å². The first-order valence-electron chi connectivity index (χ1n) is 7.84. The molecule has 0 spiro atoms. The molecule has 0 bridgehead atoms. The van der Waals surface area contributed by atoms with E-state index in [2.05, 4.69) is 15.6 Å². The quantitative estimate of drug-likeness (QED) is 0.722. The Bertz CT molecular complexity index is 643. The van der Waals surface area contributed by atoms with Crippen LogP contribution in [-0.2, 0) is 6.54 Å². The largest absolute Gasteiger partial charge is 0.467 e. The second kappa shape index (κ2) is 8.35. The van der Waals surface area contributed by atoms with Gasteiger partial charge in [-0.15, -0.1) is 0 Å². The minimum atomic E-state index is -0.742. The SMILES string of the molecule is C[C@H](C[C@@H](O)c1ccco1)NC(=O)NCc1cccnc1N(C)C. The van der Waals surface area contributed by atoms with E-state index in [1.165, 1.54) is 6.26 Å². The van der Waals surface area contributed by atoms with Gasteiger partial charge < -0.3 is 25.1 Å². The highest BCUT2D eigenvalue weighted by Gasteiger charge is 2.16. The van der Waals surface area contributed by atoms with Gasteiger partial charge in [0.2, 0.25) is 0 Å². The number of nitrogens with one attached hydrogen (secondary N) is 2. The zero-order valence-electron chi connectivity index (χ0n) is 14.2. The standard InChI is InChI=1S/C17H24N4O3/c1-12(10-14(22)15-7-5-9-24-15)20-17(23)19-11-13-6-4-8-18-16(13)21(2)3/h4-9,12,14,22H,10-11H2,1-3H3,(H2,19,20,23)/t12-,14-/m1/s1. The fourth-order valence-electron chi connectivity index (χ4n) is 2.41. The maximum absolute atomic E-state index is 12.0. The van der Waals surface area contributed by atoms with E-state index in [1.807, 2.05) is 38.1 Å².